The molecule has 1 unspecified atom stereocenters. The van der Waals surface area contributed by atoms with E-state index in [4.69, 9.17) is 10.5 Å². The first kappa shape index (κ1) is 18.5. The fourth-order valence-electron chi connectivity index (χ4n) is 3.34. The third-order valence-electron chi connectivity index (χ3n) is 4.70. The van der Waals surface area contributed by atoms with E-state index in [-0.39, 0.29) is 37.8 Å². The van der Waals surface area contributed by atoms with Crippen molar-refractivity contribution in [3.05, 3.63) is 0 Å². The van der Waals surface area contributed by atoms with Gasteiger partial charge in [0.05, 0.1) is 0 Å². The molecule has 0 aliphatic carbocycles. The van der Waals surface area contributed by atoms with Gasteiger partial charge in [-0.05, 0) is 46.1 Å². The number of ether oxygens (including phenoxy) is 1. The molecule has 2 saturated heterocycles. The number of likely N-dealkylation sites (tertiary alicyclic amines) is 2. The minimum Gasteiger partial charge on any atom is -0.479 e. The van der Waals surface area contributed by atoms with Crippen LogP contribution in [0.25, 0.3) is 0 Å². The molecule has 3 N–H and O–H groups in total. The van der Waals surface area contributed by atoms with Crippen molar-refractivity contribution >= 4 is 18.0 Å². The van der Waals surface area contributed by atoms with Gasteiger partial charge >= 0.3 is 12.1 Å². The van der Waals surface area contributed by atoms with Crippen LogP contribution in [0.5, 0.6) is 0 Å². The van der Waals surface area contributed by atoms with Crippen LogP contribution in [0.2, 0.25) is 0 Å². The Morgan fingerprint density at radius 1 is 1.33 bits per heavy atom. The van der Waals surface area contributed by atoms with Gasteiger partial charge in [-0.1, -0.05) is 0 Å². The molecule has 2 heterocycles. The van der Waals surface area contributed by atoms with E-state index in [1.807, 2.05) is 0 Å². The smallest absolute Gasteiger partial charge is 0.410 e. The highest BCUT2D eigenvalue weighted by Gasteiger charge is 2.52. The van der Waals surface area contributed by atoms with Crippen LogP contribution in [0.4, 0.5) is 4.79 Å². The molecule has 136 valence electrons. The van der Waals surface area contributed by atoms with Crippen LogP contribution < -0.4 is 5.73 Å². The maximum Gasteiger partial charge on any atom is 0.410 e. The van der Waals surface area contributed by atoms with Gasteiger partial charge in [-0.3, -0.25) is 4.79 Å². The lowest BCUT2D eigenvalue weighted by atomic mass is 9.85. The summed E-state index contributed by atoms with van der Waals surface area (Å²) in [6.45, 7) is 6.58. The van der Waals surface area contributed by atoms with Crippen LogP contribution in [0, 0.1) is 5.92 Å². The summed E-state index contributed by atoms with van der Waals surface area (Å²) in [6.07, 6.45) is 0.241. The number of rotatable bonds is 3. The lowest BCUT2D eigenvalue weighted by Gasteiger charge is -2.44. The standard InChI is InChI=1S/C16H27N3O5/c1-15(2,3)24-14(23)18-6-4-16(5-7-18,13(21)22)19-10-11(9-17)8-12(19)20/h11H,4-10,17H2,1-3H3,(H,21,22). The molecule has 2 aliphatic rings. The molecule has 0 radical (unpaired) electrons. The second-order valence-electron chi connectivity index (χ2n) is 7.61. The summed E-state index contributed by atoms with van der Waals surface area (Å²) >= 11 is 0. The van der Waals surface area contributed by atoms with Gasteiger partial charge in [0.1, 0.15) is 11.1 Å². The maximum atomic E-state index is 12.3. The Hall–Kier alpha value is -1.83. The van der Waals surface area contributed by atoms with Gasteiger partial charge in [-0.25, -0.2) is 9.59 Å². The fraction of sp³-hybridized carbons (Fsp3) is 0.812. The minimum atomic E-state index is -1.25. The Kier molecular flexibility index (Phi) is 5.08. The lowest BCUT2D eigenvalue weighted by molar-refractivity contribution is -0.160. The van der Waals surface area contributed by atoms with E-state index in [2.05, 4.69) is 0 Å². The van der Waals surface area contributed by atoms with Crippen LogP contribution in [0.3, 0.4) is 0 Å². The average molecular weight is 341 g/mol. The van der Waals surface area contributed by atoms with Gasteiger partial charge in [-0.2, -0.15) is 0 Å². The summed E-state index contributed by atoms with van der Waals surface area (Å²) in [5.74, 6) is -1.19. The zero-order valence-corrected chi connectivity index (χ0v) is 14.6. The van der Waals surface area contributed by atoms with Gasteiger partial charge in [-0.15, -0.1) is 0 Å². The average Bonchev–Trinajstić information content (AvgIpc) is 2.87. The summed E-state index contributed by atoms with van der Waals surface area (Å²) in [4.78, 5) is 39.3. The predicted molar refractivity (Wildman–Crippen MR) is 86.3 cm³/mol. The number of nitrogens with zero attached hydrogens (tertiary/aromatic N) is 2. The zero-order chi connectivity index (χ0) is 18.1. The maximum absolute atomic E-state index is 12.3. The highest BCUT2D eigenvalue weighted by atomic mass is 16.6. The molecule has 2 aliphatic heterocycles. The van der Waals surface area contributed by atoms with Gasteiger partial charge in [0.25, 0.3) is 0 Å². The number of carboxylic acid groups (broad SMARTS) is 1. The van der Waals surface area contributed by atoms with Crippen molar-refractivity contribution < 1.29 is 24.2 Å². The molecule has 2 rings (SSSR count). The SMILES string of the molecule is CC(C)(C)OC(=O)N1CCC(C(=O)O)(N2CC(CN)CC2=O)CC1. The molecule has 0 aromatic heterocycles. The second-order valence-corrected chi connectivity index (χ2v) is 7.61. The Morgan fingerprint density at radius 2 is 1.92 bits per heavy atom. The molecule has 1 atom stereocenters. The first-order chi connectivity index (χ1) is 11.1. The van der Waals surface area contributed by atoms with Gasteiger partial charge in [0.15, 0.2) is 0 Å². The van der Waals surface area contributed by atoms with Crippen LogP contribution >= 0.6 is 0 Å². The van der Waals surface area contributed by atoms with E-state index >= 15 is 0 Å². The number of aliphatic carboxylic acids is 1. The lowest BCUT2D eigenvalue weighted by Crippen LogP contribution is -2.61. The molecule has 8 nitrogen and oxygen atoms in total. The van der Waals surface area contributed by atoms with Gasteiger partial charge < -0.3 is 25.4 Å². The summed E-state index contributed by atoms with van der Waals surface area (Å²) in [6, 6.07) is 0. The minimum absolute atomic E-state index is 0.00221. The molecule has 0 spiro atoms. The van der Waals surface area contributed by atoms with Crippen LogP contribution in [0.15, 0.2) is 0 Å². The van der Waals surface area contributed by atoms with Crippen LogP contribution in [0.1, 0.15) is 40.0 Å². The van der Waals surface area contributed by atoms with Crippen LogP contribution in [-0.2, 0) is 14.3 Å². The Labute approximate surface area is 141 Å². The summed E-state index contributed by atoms with van der Waals surface area (Å²) in [5.41, 5.74) is 3.78. The van der Waals surface area contributed by atoms with E-state index in [0.29, 0.717) is 19.5 Å². The van der Waals surface area contributed by atoms with Crippen molar-refractivity contribution in [3.8, 4) is 0 Å². The first-order valence-electron chi connectivity index (χ1n) is 8.31. The number of nitrogens with two attached hydrogens (primary N) is 1. The number of hydrogen-bond donors (Lipinski definition) is 2. The number of hydrogen-bond acceptors (Lipinski definition) is 5. The van der Waals surface area contributed by atoms with E-state index in [1.165, 1.54) is 9.80 Å². The summed E-state index contributed by atoms with van der Waals surface area (Å²) in [5, 5.41) is 9.78. The molecule has 2 fully saturated rings. The van der Waals surface area contributed by atoms with E-state index in [9.17, 15) is 19.5 Å². The predicted octanol–water partition coefficient (Wildman–Crippen LogP) is 0.648. The molecule has 0 saturated carbocycles. The Balaban J connectivity index is 2.09. The van der Waals surface area contributed by atoms with Crippen molar-refractivity contribution in [3.63, 3.8) is 0 Å². The summed E-state index contributed by atoms with van der Waals surface area (Å²) in [7, 11) is 0. The third-order valence-corrected chi connectivity index (χ3v) is 4.70. The molecule has 24 heavy (non-hydrogen) atoms. The third kappa shape index (κ3) is 3.63. The van der Waals surface area contributed by atoms with E-state index in [1.54, 1.807) is 20.8 Å². The first-order valence-corrected chi connectivity index (χ1v) is 8.31. The molecule has 8 heteroatoms. The fourth-order valence-corrected chi connectivity index (χ4v) is 3.34. The molecule has 0 bridgehead atoms. The van der Waals surface area contributed by atoms with Crippen molar-refractivity contribution in [1.29, 1.82) is 0 Å². The highest BCUT2D eigenvalue weighted by molar-refractivity contribution is 5.88. The number of carbonyl (C=O) groups is 3. The van der Waals surface area contributed by atoms with Crippen molar-refractivity contribution in [2.45, 2.75) is 51.2 Å². The molecular formula is C16H27N3O5. The monoisotopic (exact) mass is 341 g/mol. The van der Waals surface area contributed by atoms with E-state index < -0.39 is 23.2 Å². The Morgan fingerprint density at radius 3 is 2.33 bits per heavy atom. The quantitative estimate of drug-likeness (QED) is 0.779. The van der Waals surface area contributed by atoms with E-state index in [0.717, 1.165) is 0 Å². The Bertz CT molecular complexity index is 520. The number of carbonyl (C=O) groups excluding carboxylic acids is 2. The van der Waals surface area contributed by atoms with Gasteiger partial charge in [0, 0.05) is 26.1 Å². The number of piperidine rings is 1. The molecular weight excluding hydrogens is 314 g/mol. The van der Waals surface area contributed by atoms with Crippen molar-refractivity contribution in [1.82, 2.24) is 9.80 Å². The van der Waals surface area contributed by atoms with Crippen molar-refractivity contribution in [2.24, 2.45) is 11.7 Å². The van der Waals surface area contributed by atoms with Crippen LogP contribution in [-0.4, -0.2) is 70.2 Å². The number of carboxylic acids is 1. The highest BCUT2D eigenvalue weighted by Crippen LogP contribution is 2.35. The normalized spacial score (nSPS) is 24.2. The van der Waals surface area contributed by atoms with Crippen molar-refractivity contribution in [2.75, 3.05) is 26.2 Å². The second kappa shape index (κ2) is 6.58. The zero-order valence-electron chi connectivity index (χ0n) is 14.6. The molecule has 2 amide bonds. The molecule has 0 aromatic carbocycles. The summed E-state index contributed by atoms with van der Waals surface area (Å²) < 4.78 is 5.33. The topological polar surface area (TPSA) is 113 Å². The largest absolute Gasteiger partial charge is 0.479 e. The molecule has 0 aromatic rings. The van der Waals surface area contributed by atoms with Gasteiger partial charge in [0.2, 0.25) is 5.91 Å². The number of amides is 2.